The van der Waals surface area contributed by atoms with E-state index in [1.54, 1.807) is 67.7 Å². The number of ketones is 1. The number of Topliss-reactive ketones (excluding diaryl/α,β-unsaturated/α-hetero) is 1. The zero-order valence-corrected chi connectivity index (χ0v) is 45.5. The summed E-state index contributed by atoms with van der Waals surface area (Å²) in [5.74, 6) is -0.265. The minimum Gasteiger partial charge on any atom is -0.497 e. The van der Waals surface area contributed by atoms with Gasteiger partial charge in [0.15, 0.2) is 11.5 Å². The van der Waals surface area contributed by atoms with Gasteiger partial charge in [-0.3, -0.25) is 19.3 Å². The number of alkyl carbamates (subject to hydrolysis) is 1. The van der Waals surface area contributed by atoms with Crippen molar-refractivity contribution in [2.24, 2.45) is 5.92 Å². The molecule has 0 spiro atoms. The maximum absolute atomic E-state index is 14.9. The summed E-state index contributed by atoms with van der Waals surface area (Å²) in [5, 5.41) is 6.10. The zero-order valence-electron chi connectivity index (χ0n) is 43.9. The van der Waals surface area contributed by atoms with Gasteiger partial charge < -0.3 is 48.9 Å². The molecule has 3 amide bonds. The number of piperidine rings is 1. The lowest BCUT2D eigenvalue weighted by atomic mass is 9.88. The lowest BCUT2D eigenvalue weighted by molar-refractivity contribution is -0.137. The first-order chi connectivity index (χ1) is 37.9. The average Bonchev–Trinajstić information content (AvgIpc) is 3.46. The Morgan fingerprint density at radius 2 is 1.33 bits per heavy atom. The van der Waals surface area contributed by atoms with Crippen LogP contribution in [0.5, 0.6) is 28.7 Å². The number of benzene rings is 6. The minimum absolute atomic E-state index is 0.0511. The Morgan fingerprint density at radius 1 is 0.679 bits per heavy atom. The summed E-state index contributed by atoms with van der Waals surface area (Å²) in [7, 11) is 3.17. The van der Waals surface area contributed by atoms with E-state index in [0.29, 0.717) is 117 Å². The van der Waals surface area contributed by atoms with Gasteiger partial charge in [0, 0.05) is 55.5 Å². The lowest BCUT2D eigenvalue weighted by Gasteiger charge is -2.40. The number of carbonyl (C=O) groups excluding carboxylic acids is 4. The van der Waals surface area contributed by atoms with E-state index in [1.807, 2.05) is 73.7 Å². The van der Waals surface area contributed by atoms with Crippen LogP contribution in [0.25, 0.3) is 0 Å². The summed E-state index contributed by atoms with van der Waals surface area (Å²) in [4.78, 5) is 61.8. The van der Waals surface area contributed by atoms with Crippen LogP contribution in [-0.4, -0.2) is 111 Å². The summed E-state index contributed by atoms with van der Waals surface area (Å²) in [6.07, 6.45) is 1.00. The van der Waals surface area contributed by atoms with Gasteiger partial charge in [0.2, 0.25) is 5.91 Å². The molecule has 2 heterocycles. The third-order valence-electron chi connectivity index (χ3n) is 13.9. The molecule has 2 fully saturated rings. The van der Waals surface area contributed by atoms with Gasteiger partial charge in [0.05, 0.1) is 31.4 Å². The van der Waals surface area contributed by atoms with E-state index in [9.17, 15) is 23.6 Å². The van der Waals surface area contributed by atoms with Gasteiger partial charge >= 0.3 is 6.09 Å². The predicted molar refractivity (Wildman–Crippen MR) is 296 cm³/mol. The number of amides is 3. The Balaban J connectivity index is 0.900. The molecule has 6 aromatic carbocycles. The minimum atomic E-state index is -0.915. The molecule has 0 aromatic heterocycles. The molecule has 410 valence electrons. The second-order valence-corrected chi connectivity index (χ2v) is 19.8. The van der Waals surface area contributed by atoms with Gasteiger partial charge in [-0.05, 0) is 134 Å². The highest BCUT2D eigenvalue weighted by atomic mass is 35.5. The molecular formula is C60H64Cl2FN5O10. The first-order valence-corrected chi connectivity index (χ1v) is 26.7. The number of halogens is 3. The SMILES string of the molecule is CCOc1cccc(F)c1CN1CCN(C(=O)[C@H](NC(=O)OCc2ccccc2)C2CCN(CCc3cc(Cl)ccc3NC(=O)C(=O)c3ccc(OCc4ccc(OC)cc4)c(OCc4ccc(OC)cc4)c3Cl)CC2)CC1. The van der Waals surface area contributed by atoms with E-state index in [0.717, 1.165) is 16.7 Å². The van der Waals surface area contributed by atoms with Crippen molar-refractivity contribution in [3.05, 3.63) is 177 Å². The molecule has 8 rings (SSSR count). The Morgan fingerprint density at radius 3 is 1.99 bits per heavy atom. The number of hydrogen-bond acceptors (Lipinski definition) is 12. The third-order valence-corrected chi connectivity index (χ3v) is 14.5. The van der Waals surface area contributed by atoms with Crippen molar-refractivity contribution in [2.45, 2.75) is 58.6 Å². The topological polar surface area (TPSA) is 157 Å². The molecular weight excluding hydrogens is 1040 g/mol. The highest BCUT2D eigenvalue weighted by molar-refractivity contribution is 6.50. The molecule has 78 heavy (non-hydrogen) atoms. The van der Waals surface area contributed by atoms with Crippen LogP contribution in [0.1, 0.15) is 57.9 Å². The Kier molecular flexibility index (Phi) is 20.2. The second-order valence-electron chi connectivity index (χ2n) is 19.0. The largest absolute Gasteiger partial charge is 0.497 e. The van der Waals surface area contributed by atoms with E-state index in [2.05, 4.69) is 20.4 Å². The number of ether oxygens (including phenoxy) is 6. The van der Waals surface area contributed by atoms with Crippen LogP contribution in [0.3, 0.4) is 0 Å². The van der Waals surface area contributed by atoms with Gasteiger partial charge in [0.1, 0.15) is 48.9 Å². The fourth-order valence-corrected chi connectivity index (χ4v) is 10.00. The molecule has 2 N–H and O–H groups in total. The number of methoxy groups -OCH3 is 2. The average molecular weight is 1110 g/mol. The highest BCUT2D eigenvalue weighted by Crippen LogP contribution is 2.40. The van der Waals surface area contributed by atoms with E-state index < -0.39 is 23.8 Å². The van der Waals surface area contributed by atoms with Crippen LogP contribution in [0, 0.1) is 11.7 Å². The van der Waals surface area contributed by atoms with Crippen LogP contribution in [0.4, 0.5) is 14.9 Å². The number of nitrogens with zero attached hydrogens (tertiary/aromatic N) is 3. The first kappa shape index (κ1) is 56.8. The monoisotopic (exact) mass is 1100 g/mol. The molecule has 0 bridgehead atoms. The normalized spacial score (nSPS) is 14.5. The molecule has 1 atom stereocenters. The molecule has 0 aliphatic carbocycles. The molecule has 0 unspecified atom stereocenters. The Labute approximate surface area is 464 Å². The van der Waals surface area contributed by atoms with Crippen LogP contribution in [0.2, 0.25) is 10.0 Å². The predicted octanol–water partition coefficient (Wildman–Crippen LogP) is 10.4. The van der Waals surface area contributed by atoms with Crippen LogP contribution >= 0.6 is 23.2 Å². The standard InChI is InChI=1S/C60H64Cl2FN5O10/c1-4-75-52-12-8-11-50(63)49(52)36-67-31-33-68(34-32-67)59(71)55(65-60(72)78-39-40-9-6-5-7-10-40)43-25-28-66(29-26-43)30-27-44-35-45(61)17-23-51(44)64-58(70)56(69)48-22-24-53(76-37-41-13-18-46(73-2)19-14-41)57(54(48)62)77-38-42-15-20-47(74-3)21-16-42/h5-24,35,43,55H,4,25-34,36-39H2,1-3H3,(H,64,70)(H,65,72)/t55-/m1/s1. The van der Waals surface area contributed by atoms with E-state index >= 15 is 0 Å². The van der Waals surface area contributed by atoms with Crippen molar-refractivity contribution in [3.63, 3.8) is 0 Å². The summed E-state index contributed by atoms with van der Waals surface area (Å²) < 4.78 is 49.2. The fraction of sp³-hybridized carbons (Fsp3) is 0.333. The van der Waals surface area contributed by atoms with Crippen molar-refractivity contribution < 1.29 is 52.0 Å². The van der Waals surface area contributed by atoms with Crippen molar-refractivity contribution in [1.29, 1.82) is 0 Å². The molecule has 2 aliphatic rings. The summed E-state index contributed by atoms with van der Waals surface area (Å²) >= 11 is 13.5. The number of hydrogen-bond donors (Lipinski definition) is 2. The van der Waals surface area contributed by atoms with Crippen molar-refractivity contribution in [2.75, 3.05) is 72.0 Å². The number of carbonyl (C=O) groups is 4. The van der Waals surface area contributed by atoms with Gasteiger partial charge in [-0.25, -0.2) is 9.18 Å². The smallest absolute Gasteiger partial charge is 0.408 e. The number of likely N-dealkylation sites (tertiary alicyclic amines) is 1. The maximum atomic E-state index is 14.9. The van der Waals surface area contributed by atoms with Gasteiger partial charge in [0.25, 0.3) is 11.7 Å². The number of rotatable bonds is 23. The molecule has 6 aromatic rings. The molecule has 0 radical (unpaired) electrons. The Bertz CT molecular complexity index is 2990. The first-order valence-electron chi connectivity index (χ1n) is 26.0. The highest BCUT2D eigenvalue weighted by Gasteiger charge is 2.37. The number of piperazine rings is 1. The van der Waals surface area contributed by atoms with E-state index in [4.69, 9.17) is 51.6 Å². The van der Waals surface area contributed by atoms with Crippen molar-refractivity contribution in [3.8, 4) is 28.7 Å². The second kappa shape index (κ2) is 27.8. The maximum Gasteiger partial charge on any atom is 0.408 e. The summed E-state index contributed by atoms with van der Waals surface area (Å²) in [6.45, 7) is 6.54. The zero-order chi connectivity index (χ0) is 55.0. The number of anilines is 1. The van der Waals surface area contributed by atoms with E-state index in [1.165, 1.54) is 12.1 Å². The molecule has 0 saturated carbocycles. The van der Waals surface area contributed by atoms with Crippen LogP contribution < -0.4 is 34.3 Å². The third kappa shape index (κ3) is 15.2. The van der Waals surface area contributed by atoms with Crippen LogP contribution in [-0.2, 0) is 47.1 Å². The van der Waals surface area contributed by atoms with Gasteiger partial charge in [-0.15, -0.1) is 0 Å². The molecule has 15 nitrogen and oxygen atoms in total. The molecule has 2 aliphatic heterocycles. The quantitative estimate of drug-likeness (QED) is 0.0463. The van der Waals surface area contributed by atoms with Crippen LogP contribution in [0.15, 0.2) is 127 Å². The van der Waals surface area contributed by atoms with Crippen molar-refractivity contribution in [1.82, 2.24) is 20.0 Å². The lowest BCUT2D eigenvalue weighted by Crippen LogP contribution is -2.58. The van der Waals surface area contributed by atoms with Gasteiger partial charge in [-0.2, -0.15) is 0 Å². The fourth-order valence-electron chi connectivity index (χ4n) is 9.51. The molecule has 2 saturated heterocycles. The number of nitrogens with one attached hydrogen (secondary N) is 2. The molecule has 18 heteroatoms. The van der Waals surface area contributed by atoms with Gasteiger partial charge in [-0.1, -0.05) is 83.9 Å². The summed E-state index contributed by atoms with van der Waals surface area (Å²) in [5.41, 5.74) is 3.99. The van der Waals surface area contributed by atoms with E-state index in [-0.39, 0.29) is 59.5 Å². The van der Waals surface area contributed by atoms with Crippen molar-refractivity contribution >= 4 is 52.6 Å². The summed E-state index contributed by atoms with van der Waals surface area (Å²) in [6, 6.07) is 36.0. The Hall–Kier alpha value is -7.37.